The van der Waals surface area contributed by atoms with Crippen molar-refractivity contribution in [1.29, 1.82) is 0 Å². The number of nitroso groups, excluding NO2 is 1. The maximum Gasteiger partial charge on any atom is 0.205 e. The SMILES string of the molecule is CN(CCSSCCN(C)c1ccc(/C=C/c2cccc[n+]2CCN=O)cc1)c1ccc(/C=C/C=C/CC/C=N/CCO)cc1. The van der Waals surface area contributed by atoms with Crippen molar-refractivity contribution in [3.63, 3.8) is 0 Å². The van der Waals surface area contributed by atoms with Crippen LogP contribution in [-0.4, -0.2) is 69.7 Å². The van der Waals surface area contributed by atoms with Crippen molar-refractivity contribution < 1.29 is 9.67 Å². The summed E-state index contributed by atoms with van der Waals surface area (Å²) in [6.45, 7) is 3.43. The van der Waals surface area contributed by atoms with Gasteiger partial charge in [0.2, 0.25) is 5.69 Å². The number of aliphatic hydroxyl groups is 1. The largest absolute Gasteiger partial charge is 0.394 e. The van der Waals surface area contributed by atoms with Crippen molar-refractivity contribution in [1.82, 2.24) is 0 Å². The first-order chi connectivity index (χ1) is 22.1. The molecule has 9 heteroatoms. The molecule has 0 saturated carbocycles. The third kappa shape index (κ3) is 14.3. The molecule has 0 spiro atoms. The van der Waals surface area contributed by atoms with Crippen molar-refractivity contribution in [3.8, 4) is 0 Å². The molecule has 1 heterocycles. The number of aromatic nitrogens is 1. The molecule has 45 heavy (non-hydrogen) atoms. The second kappa shape index (κ2) is 21.9. The zero-order chi connectivity index (χ0) is 32.0. The highest BCUT2D eigenvalue weighted by atomic mass is 33.1. The minimum Gasteiger partial charge on any atom is -0.394 e. The Hall–Kier alpha value is -3.66. The van der Waals surface area contributed by atoms with E-state index in [1.165, 1.54) is 16.9 Å². The fraction of sp³-hybridized carbons (Fsp3) is 0.333. The van der Waals surface area contributed by atoms with Gasteiger partial charge < -0.3 is 14.9 Å². The lowest BCUT2D eigenvalue weighted by Crippen LogP contribution is -2.37. The molecule has 0 bridgehead atoms. The van der Waals surface area contributed by atoms with Gasteiger partial charge in [0.05, 0.1) is 13.2 Å². The van der Waals surface area contributed by atoms with Gasteiger partial charge in [0.15, 0.2) is 12.7 Å². The molecule has 0 fully saturated rings. The number of aliphatic imine (C=N–C) groups is 1. The van der Waals surface area contributed by atoms with E-state index in [2.05, 4.69) is 119 Å². The summed E-state index contributed by atoms with van der Waals surface area (Å²) in [4.78, 5) is 19.2. The van der Waals surface area contributed by atoms with E-state index < -0.39 is 0 Å². The Morgan fingerprint density at radius 1 is 0.778 bits per heavy atom. The van der Waals surface area contributed by atoms with Crippen LogP contribution in [0.3, 0.4) is 0 Å². The van der Waals surface area contributed by atoms with E-state index in [-0.39, 0.29) is 13.2 Å². The highest BCUT2D eigenvalue weighted by molar-refractivity contribution is 8.76. The zero-order valence-electron chi connectivity index (χ0n) is 26.4. The lowest BCUT2D eigenvalue weighted by Gasteiger charge is -2.20. The highest BCUT2D eigenvalue weighted by Crippen LogP contribution is 2.23. The summed E-state index contributed by atoms with van der Waals surface area (Å²) in [5, 5.41) is 11.7. The molecular formula is C36H46N5O2S2+. The summed E-state index contributed by atoms with van der Waals surface area (Å²) in [5.74, 6) is 2.12. The van der Waals surface area contributed by atoms with Gasteiger partial charge in [-0.05, 0) is 66.6 Å². The lowest BCUT2D eigenvalue weighted by molar-refractivity contribution is -0.696. The molecule has 0 radical (unpaired) electrons. The third-order valence-corrected chi connectivity index (χ3v) is 9.35. The van der Waals surface area contributed by atoms with Gasteiger partial charge in [0, 0.05) is 68.3 Å². The summed E-state index contributed by atoms with van der Waals surface area (Å²) >= 11 is 0. The van der Waals surface area contributed by atoms with E-state index in [1.54, 1.807) is 0 Å². The number of nitrogens with zero attached hydrogens (tertiary/aromatic N) is 5. The smallest absolute Gasteiger partial charge is 0.205 e. The first kappa shape index (κ1) is 35.8. The average Bonchev–Trinajstić information content (AvgIpc) is 3.07. The zero-order valence-corrected chi connectivity index (χ0v) is 28.1. The van der Waals surface area contributed by atoms with Crippen molar-refractivity contribution in [3.05, 3.63) is 113 Å². The molecular weight excluding hydrogens is 599 g/mol. The number of allylic oxidation sites excluding steroid dienone is 3. The molecule has 0 aliphatic rings. The molecule has 0 saturated heterocycles. The standard InChI is InChI=1S/C36H46N5O2S2/c1-39(34-17-12-32(13-18-34)10-6-4-3-5-8-22-37-24-29-42)27-30-44-45-31-28-40(2)35-19-14-33(15-20-35)16-21-36-11-7-9-25-41(36)26-23-38-43/h3-4,6-7,9-22,25,42H,5,8,23-24,26-31H2,1-2H3/q+1/b4-3+,10-6+,37-22+. The van der Waals surface area contributed by atoms with Crippen LogP contribution in [0.2, 0.25) is 0 Å². The molecule has 0 amide bonds. The van der Waals surface area contributed by atoms with Gasteiger partial charge >= 0.3 is 0 Å². The second-order valence-electron chi connectivity index (χ2n) is 10.4. The van der Waals surface area contributed by atoms with Crippen LogP contribution in [0.1, 0.15) is 29.7 Å². The number of pyridine rings is 1. The van der Waals surface area contributed by atoms with Gasteiger partial charge in [-0.3, -0.25) is 4.99 Å². The van der Waals surface area contributed by atoms with Gasteiger partial charge in [-0.1, -0.05) is 75.3 Å². The van der Waals surface area contributed by atoms with Crippen molar-refractivity contribution in [2.75, 3.05) is 68.2 Å². The van der Waals surface area contributed by atoms with E-state index in [4.69, 9.17) is 5.11 Å². The fourth-order valence-corrected chi connectivity index (χ4v) is 6.42. The van der Waals surface area contributed by atoms with Crippen LogP contribution in [-0.2, 0) is 6.54 Å². The van der Waals surface area contributed by atoms with Crippen molar-refractivity contribution in [2.45, 2.75) is 19.4 Å². The summed E-state index contributed by atoms with van der Waals surface area (Å²) in [5.41, 5.74) is 5.80. The Bertz CT molecular complexity index is 1370. The second-order valence-corrected chi connectivity index (χ2v) is 13.1. The third-order valence-electron chi connectivity index (χ3n) is 6.98. The normalized spacial score (nSPS) is 11.8. The molecule has 0 unspecified atom stereocenters. The summed E-state index contributed by atoms with van der Waals surface area (Å²) in [7, 11) is 8.15. The average molecular weight is 645 g/mol. The van der Waals surface area contributed by atoms with Crippen molar-refractivity contribution >= 4 is 57.4 Å². The molecule has 238 valence electrons. The number of benzene rings is 2. The van der Waals surface area contributed by atoms with E-state index in [0.29, 0.717) is 13.1 Å². The maximum absolute atomic E-state index is 10.5. The number of unbranched alkanes of at least 4 members (excludes halogenated alkanes) is 1. The fourth-order valence-electron chi connectivity index (χ4n) is 4.33. The molecule has 3 rings (SSSR count). The Labute approximate surface area is 276 Å². The van der Waals surface area contributed by atoms with Crippen LogP contribution in [0.25, 0.3) is 18.2 Å². The molecule has 0 atom stereocenters. The number of hydrogen-bond donors (Lipinski definition) is 1. The lowest BCUT2D eigenvalue weighted by atomic mass is 10.1. The molecule has 1 aromatic heterocycles. The molecule has 2 aromatic carbocycles. The van der Waals surface area contributed by atoms with Crippen LogP contribution in [0, 0.1) is 4.91 Å². The molecule has 0 aliphatic carbocycles. The van der Waals surface area contributed by atoms with E-state index in [1.807, 2.05) is 56.8 Å². The Kier molecular flexibility index (Phi) is 17.5. The first-order valence-corrected chi connectivity index (χ1v) is 17.8. The summed E-state index contributed by atoms with van der Waals surface area (Å²) < 4.78 is 2.04. The van der Waals surface area contributed by atoms with Crippen LogP contribution >= 0.6 is 21.6 Å². The number of hydrogen-bond acceptors (Lipinski definition) is 8. The van der Waals surface area contributed by atoms with Crippen LogP contribution < -0.4 is 14.4 Å². The summed E-state index contributed by atoms with van der Waals surface area (Å²) in [6, 6.07) is 23.3. The van der Waals surface area contributed by atoms with Gasteiger partial charge in [-0.15, -0.1) is 0 Å². The summed E-state index contributed by atoms with van der Waals surface area (Å²) in [6.07, 6.45) is 18.3. The monoisotopic (exact) mass is 644 g/mol. The molecule has 3 aromatic rings. The maximum atomic E-state index is 10.5. The molecule has 0 aliphatic heterocycles. The van der Waals surface area contributed by atoms with Gasteiger partial charge in [-0.25, -0.2) is 0 Å². The van der Waals surface area contributed by atoms with E-state index in [0.717, 1.165) is 48.7 Å². The van der Waals surface area contributed by atoms with E-state index >= 15 is 0 Å². The Morgan fingerprint density at radius 3 is 2.04 bits per heavy atom. The number of anilines is 2. The van der Waals surface area contributed by atoms with Crippen molar-refractivity contribution in [2.24, 2.45) is 10.2 Å². The first-order valence-electron chi connectivity index (χ1n) is 15.4. The van der Waals surface area contributed by atoms with Crippen LogP contribution in [0.15, 0.2) is 101 Å². The number of aliphatic hydroxyl groups excluding tert-OH is 1. The minimum atomic E-state index is 0.111. The number of rotatable bonds is 21. The van der Waals surface area contributed by atoms with Gasteiger partial charge in [0.1, 0.15) is 6.54 Å². The predicted molar refractivity (Wildman–Crippen MR) is 198 cm³/mol. The minimum absolute atomic E-state index is 0.111. The van der Waals surface area contributed by atoms with Crippen LogP contribution in [0.4, 0.5) is 11.4 Å². The highest BCUT2D eigenvalue weighted by Gasteiger charge is 2.06. The molecule has 1 N–H and O–H groups in total. The van der Waals surface area contributed by atoms with E-state index in [9.17, 15) is 4.91 Å². The van der Waals surface area contributed by atoms with Crippen LogP contribution in [0.5, 0.6) is 0 Å². The molecule has 7 nitrogen and oxygen atoms in total. The Morgan fingerprint density at radius 2 is 1.42 bits per heavy atom. The van der Waals surface area contributed by atoms with Gasteiger partial charge in [0.25, 0.3) is 0 Å². The quantitative estimate of drug-likeness (QED) is 0.0328. The predicted octanol–water partition coefficient (Wildman–Crippen LogP) is 7.28. The topological polar surface area (TPSA) is 72.4 Å². The van der Waals surface area contributed by atoms with Gasteiger partial charge in [-0.2, -0.15) is 9.47 Å². The Balaban J connectivity index is 1.31.